The van der Waals surface area contributed by atoms with Crippen LogP contribution in [0.5, 0.6) is 0 Å². The summed E-state index contributed by atoms with van der Waals surface area (Å²) >= 11 is 0. The molecule has 0 spiro atoms. The molecule has 0 unspecified atom stereocenters. The van der Waals surface area contributed by atoms with Gasteiger partial charge in [0.1, 0.15) is 12.0 Å². The van der Waals surface area contributed by atoms with Crippen LogP contribution in [0.15, 0.2) is 42.9 Å². The summed E-state index contributed by atoms with van der Waals surface area (Å²) in [6.07, 6.45) is -1.79. The van der Waals surface area contributed by atoms with E-state index in [0.29, 0.717) is 0 Å². The Hall–Kier alpha value is -2.44. The maximum atomic E-state index is 12.3. The first kappa shape index (κ1) is 13.0. The second-order valence-electron chi connectivity index (χ2n) is 3.62. The summed E-state index contributed by atoms with van der Waals surface area (Å²) in [4.78, 5) is 19.1. The van der Waals surface area contributed by atoms with Gasteiger partial charge in [0.25, 0.3) is 5.91 Å². The number of nitrogens with one attached hydrogen (secondary N) is 1. The van der Waals surface area contributed by atoms with Crippen molar-refractivity contribution in [3.05, 3.63) is 54.1 Å². The summed E-state index contributed by atoms with van der Waals surface area (Å²) in [6, 6.07) is 5.56. The molecule has 1 aromatic carbocycles. The maximum Gasteiger partial charge on any atom is 0.416 e. The third-order valence-electron chi connectivity index (χ3n) is 2.28. The van der Waals surface area contributed by atoms with E-state index in [1.807, 2.05) is 0 Å². The fraction of sp³-hybridized carbons (Fsp3) is 0.0833. The Kier molecular flexibility index (Phi) is 3.46. The number of hydrogen-bond donors (Lipinski definition) is 1. The molecule has 1 aromatic heterocycles. The monoisotopic (exact) mass is 267 g/mol. The van der Waals surface area contributed by atoms with E-state index < -0.39 is 17.6 Å². The second kappa shape index (κ2) is 5.05. The molecule has 0 bridgehead atoms. The molecule has 0 aliphatic rings. The fourth-order valence-corrected chi connectivity index (χ4v) is 1.36. The molecular weight excluding hydrogens is 259 g/mol. The predicted octanol–water partition coefficient (Wildman–Crippen LogP) is 2.75. The highest BCUT2D eigenvalue weighted by Crippen LogP contribution is 2.29. The summed E-state index contributed by atoms with van der Waals surface area (Å²) < 4.78 is 37.0. The van der Waals surface area contributed by atoms with Crippen LogP contribution in [0, 0.1) is 0 Å². The van der Waals surface area contributed by atoms with Gasteiger partial charge >= 0.3 is 6.18 Å². The van der Waals surface area contributed by atoms with Crippen molar-refractivity contribution < 1.29 is 18.0 Å². The smallest absolute Gasteiger partial charge is 0.321 e. The fourth-order valence-electron chi connectivity index (χ4n) is 1.36. The zero-order valence-corrected chi connectivity index (χ0v) is 9.48. The molecule has 0 aliphatic carbocycles. The number of carbonyl (C=O) groups is 1. The van der Waals surface area contributed by atoms with Crippen LogP contribution in [-0.2, 0) is 6.18 Å². The lowest BCUT2D eigenvalue weighted by Crippen LogP contribution is -2.14. The minimum atomic E-state index is -4.39. The van der Waals surface area contributed by atoms with Crippen LogP contribution in [0.25, 0.3) is 0 Å². The predicted molar refractivity (Wildman–Crippen MR) is 61.4 cm³/mol. The number of benzene rings is 1. The first-order valence-electron chi connectivity index (χ1n) is 5.21. The number of amides is 1. The number of nitrogens with zero attached hydrogens (tertiary/aromatic N) is 2. The third kappa shape index (κ3) is 3.27. The van der Waals surface area contributed by atoms with Gasteiger partial charge in [-0.15, -0.1) is 0 Å². The summed E-state index contributed by atoms with van der Waals surface area (Å²) in [7, 11) is 0. The summed E-state index contributed by atoms with van der Waals surface area (Å²) in [6.45, 7) is 0. The number of aromatic nitrogens is 2. The highest BCUT2D eigenvalue weighted by molar-refractivity contribution is 6.02. The van der Waals surface area contributed by atoms with Crippen molar-refractivity contribution in [1.29, 1.82) is 0 Å². The Morgan fingerprint density at radius 1 is 1.11 bits per heavy atom. The highest BCUT2D eigenvalue weighted by atomic mass is 19.4. The van der Waals surface area contributed by atoms with Crippen molar-refractivity contribution in [2.45, 2.75) is 6.18 Å². The van der Waals surface area contributed by atoms with E-state index in [9.17, 15) is 18.0 Å². The van der Waals surface area contributed by atoms with Crippen molar-refractivity contribution in [2.75, 3.05) is 5.32 Å². The van der Waals surface area contributed by atoms with Crippen molar-refractivity contribution in [1.82, 2.24) is 9.97 Å². The number of alkyl halides is 3. The average molecular weight is 267 g/mol. The van der Waals surface area contributed by atoms with Gasteiger partial charge in [-0.05, 0) is 30.3 Å². The maximum absolute atomic E-state index is 12.3. The number of hydrogen-bond acceptors (Lipinski definition) is 3. The van der Waals surface area contributed by atoms with E-state index in [2.05, 4.69) is 15.3 Å². The van der Waals surface area contributed by atoms with E-state index in [1.165, 1.54) is 30.7 Å². The molecule has 1 amide bonds. The lowest BCUT2D eigenvalue weighted by Gasteiger charge is -2.08. The van der Waals surface area contributed by atoms with Crippen LogP contribution >= 0.6 is 0 Å². The number of carbonyl (C=O) groups excluding carboxylic acids is 1. The minimum Gasteiger partial charge on any atom is -0.321 e. The molecule has 1 N–H and O–H groups in total. The van der Waals surface area contributed by atoms with Crippen molar-refractivity contribution in [2.24, 2.45) is 0 Å². The summed E-state index contributed by atoms with van der Waals surface area (Å²) in [5, 5.41) is 2.44. The van der Waals surface area contributed by atoms with Gasteiger partial charge < -0.3 is 5.32 Å². The molecule has 0 saturated carbocycles. The van der Waals surface area contributed by atoms with Gasteiger partial charge in [0.15, 0.2) is 0 Å². The quantitative estimate of drug-likeness (QED) is 0.910. The molecule has 0 aliphatic heterocycles. The molecule has 0 radical (unpaired) electrons. The molecule has 4 nitrogen and oxygen atoms in total. The van der Waals surface area contributed by atoms with Gasteiger partial charge in [0, 0.05) is 11.9 Å². The normalized spacial score (nSPS) is 11.1. The van der Waals surface area contributed by atoms with Crippen LogP contribution in [0.3, 0.4) is 0 Å². The molecular formula is C12H8F3N3O. The second-order valence-corrected chi connectivity index (χ2v) is 3.62. The number of anilines is 1. The van der Waals surface area contributed by atoms with E-state index in [1.54, 1.807) is 0 Å². The van der Waals surface area contributed by atoms with Crippen LogP contribution in [0.4, 0.5) is 18.9 Å². The lowest BCUT2D eigenvalue weighted by molar-refractivity contribution is -0.137. The van der Waals surface area contributed by atoms with Crippen LogP contribution in [0.2, 0.25) is 0 Å². The number of halogens is 3. The SMILES string of the molecule is O=C(Nc1ccc(C(F)(F)F)cc1)c1ccncn1. The van der Waals surface area contributed by atoms with Gasteiger partial charge in [-0.3, -0.25) is 4.79 Å². The van der Waals surface area contributed by atoms with Gasteiger partial charge in [0.2, 0.25) is 0 Å². The Morgan fingerprint density at radius 2 is 1.79 bits per heavy atom. The molecule has 0 atom stereocenters. The molecule has 2 aromatic rings. The Balaban J connectivity index is 2.10. The van der Waals surface area contributed by atoms with Crippen LogP contribution < -0.4 is 5.32 Å². The van der Waals surface area contributed by atoms with Gasteiger partial charge in [-0.1, -0.05) is 0 Å². The Labute approximate surface area is 106 Å². The van der Waals surface area contributed by atoms with Crippen LogP contribution in [0.1, 0.15) is 16.1 Å². The first-order chi connectivity index (χ1) is 8.97. The zero-order chi connectivity index (χ0) is 13.9. The third-order valence-corrected chi connectivity index (χ3v) is 2.28. The Bertz CT molecular complexity index is 567. The zero-order valence-electron chi connectivity index (χ0n) is 9.48. The largest absolute Gasteiger partial charge is 0.416 e. The van der Waals surface area contributed by atoms with E-state index in [0.717, 1.165) is 12.1 Å². The van der Waals surface area contributed by atoms with E-state index in [4.69, 9.17) is 0 Å². The first-order valence-corrected chi connectivity index (χ1v) is 5.21. The van der Waals surface area contributed by atoms with Crippen LogP contribution in [-0.4, -0.2) is 15.9 Å². The standard InChI is InChI=1S/C12H8F3N3O/c13-12(14,15)8-1-3-9(4-2-8)18-11(19)10-5-6-16-7-17-10/h1-7H,(H,18,19). The minimum absolute atomic E-state index is 0.134. The van der Waals surface area contributed by atoms with Gasteiger partial charge in [-0.25, -0.2) is 9.97 Å². The summed E-state index contributed by atoms with van der Waals surface area (Å²) in [5.74, 6) is -0.512. The van der Waals surface area contributed by atoms with Crippen molar-refractivity contribution in [3.63, 3.8) is 0 Å². The molecule has 19 heavy (non-hydrogen) atoms. The number of rotatable bonds is 2. The summed E-state index contributed by atoms with van der Waals surface area (Å²) in [5.41, 5.74) is -0.376. The van der Waals surface area contributed by atoms with E-state index >= 15 is 0 Å². The molecule has 1 heterocycles. The van der Waals surface area contributed by atoms with Gasteiger partial charge in [-0.2, -0.15) is 13.2 Å². The highest BCUT2D eigenvalue weighted by Gasteiger charge is 2.29. The van der Waals surface area contributed by atoms with E-state index in [-0.39, 0.29) is 11.4 Å². The molecule has 0 fully saturated rings. The van der Waals surface area contributed by atoms with Crippen molar-refractivity contribution in [3.8, 4) is 0 Å². The lowest BCUT2D eigenvalue weighted by atomic mass is 10.2. The Morgan fingerprint density at radius 3 is 2.32 bits per heavy atom. The molecule has 0 saturated heterocycles. The molecule has 2 rings (SSSR count). The molecule has 7 heteroatoms. The topological polar surface area (TPSA) is 54.9 Å². The van der Waals surface area contributed by atoms with Gasteiger partial charge in [0.05, 0.1) is 5.56 Å². The average Bonchev–Trinajstić information content (AvgIpc) is 2.39. The van der Waals surface area contributed by atoms with Crippen molar-refractivity contribution >= 4 is 11.6 Å². The molecule has 98 valence electrons.